The van der Waals surface area contributed by atoms with Gasteiger partial charge in [0.25, 0.3) is 0 Å². The molecular formula is C15H13FN4O. The lowest BCUT2D eigenvalue weighted by Gasteiger charge is -2.12. The van der Waals surface area contributed by atoms with Crippen LogP contribution in [-0.2, 0) is 0 Å². The van der Waals surface area contributed by atoms with Crippen molar-refractivity contribution in [3.8, 4) is 6.07 Å². The lowest BCUT2D eigenvalue weighted by atomic mass is 9.93. The molecule has 0 fully saturated rings. The molecule has 0 unspecified atom stereocenters. The van der Waals surface area contributed by atoms with Gasteiger partial charge in [0.05, 0.1) is 11.3 Å². The van der Waals surface area contributed by atoms with E-state index >= 15 is 0 Å². The van der Waals surface area contributed by atoms with Crippen molar-refractivity contribution in [1.82, 2.24) is 4.98 Å². The molecule has 0 bridgehead atoms. The molecule has 1 aliphatic carbocycles. The number of ketones is 1. The molecule has 1 heterocycles. The van der Waals surface area contributed by atoms with Crippen LogP contribution in [0.1, 0.15) is 28.8 Å². The van der Waals surface area contributed by atoms with Crippen LogP contribution in [0.15, 0.2) is 41.1 Å². The highest BCUT2D eigenvalue weighted by Crippen LogP contribution is 2.28. The molecule has 5 nitrogen and oxygen atoms in total. The highest BCUT2D eigenvalue weighted by molar-refractivity contribution is 6.12. The number of hydrogen-bond donors (Lipinski definition) is 3. The molecule has 0 amide bonds. The highest BCUT2D eigenvalue weighted by Gasteiger charge is 2.23. The number of carbonyl (C=O) groups is 1. The van der Waals surface area contributed by atoms with Gasteiger partial charge in [0.15, 0.2) is 11.6 Å². The maximum absolute atomic E-state index is 14.0. The number of nitrogens with zero attached hydrogens (tertiary/aromatic N) is 1. The number of hydrogen-bond acceptors (Lipinski definition) is 4. The van der Waals surface area contributed by atoms with Gasteiger partial charge in [-0.15, -0.1) is 0 Å². The first-order valence-electron chi connectivity index (χ1n) is 6.27. The minimum Gasteiger partial charge on any atom is -0.397 e. The normalized spacial score (nSPS) is 15.4. The van der Waals surface area contributed by atoms with E-state index < -0.39 is 11.6 Å². The molecule has 106 valence electrons. The van der Waals surface area contributed by atoms with Crippen LogP contribution in [0, 0.1) is 16.7 Å². The largest absolute Gasteiger partial charge is 0.397 e. The monoisotopic (exact) mass is 284 g/mol. The third-order valence-electron chi connectivity index (χ3n) is 3.17. The molecule has 0 atom stereocenters. The van der Waals surface area contributed by atoms with E-state index in [4.69, 9.17) is 16.4 Å². The standard InChI is InChI=1S/C15H13FN4O/c16-14-11(2-1-3-13(14)19)15(21)12-8-20-7-10(12)4-9(5-17)6-18/h3-5,7-8,17,20H,1-2,19H2/b9-4+,17-5?. The van der Waals surface area contributed by atoms with E-state index in [-0.39, 0.29) is 28.8 Å². The molecule has 0 saturated carbocycles. The van der Waals surface area contributed by atoms with Crippen molar-refractivity contribution in [3.63, 3.8) is 0 Å². The van der Waals surface area contributed by atoms with Crippen molar-refractivity contribution < 1.29 is 9.18 Å². The summed E-state index contributed by atoms with van der Waals surface area (Å²) in [5.41, 5.74) is 6.32. The Bertz CT molecular complexity index is 731. The van der Waals surface area contributed by atoms with Gasteiger partial charge in [0.1, 0.15) is 6.07 Å². The summed E-state index contributed by atoms with van der Waals surface area (Å²) in [4.78, 5) is 15.2. The lowest BCUT2D eigenvalue weighted by Crippen LogP contribution is -2.13. The van der Waals surface area contributed by atoms with Crippen molar-refractivity contribution >= 4 is 18.1 Å². The minimum atomic E-state index is -0.685. The fourth-order valence-corrected chi connectivity index (χ4v) is 2.09. The van der Waals surface area contributed by atoms with Crippen LogP contribution in [0.25, 0.3) is 6.08 Å². The van der Waals surface area contributed by atoms with Gasteiger partial charge in [-0.05, 0) is 18.9 Å². The minimum absolute atomic E-state index is 0.0190. The summed E-state index contributed by atoms with van der Waals surface area (Å²) >= 11 is 0. The van der Waals surface area contributed by atoms with E-state index in [1.807, 2.05) is 6.07 Å². The smallest absolute Gasteiger partial charge is 0.194 e. The predicted molar refractivity (Wildman–Crippen MR) is 77.1 cm³/mol. The summed E-state index contributed by atoms with van der Waals surface area (Å²) in [6.07, 6.45) is 7.61. The first kappa shape index (κ1) is 14.5. The van der Waals surface area contributed by atoms with Crippen LogP contribution in [0.3, 0.4) is 0 Å². The number of carbonyl (C=O) groups excluding carboxylic acids is 1. The fraction of sp³-hybridized carbons (Fsp3) is 0.133. The molecule has 6 heteroatoms. The molecule has 0 radical (unpaired) electrons. The predicted octanol–water partition coefficient (Wildman–Crippen LogP) is 2.61. The second-order valence-corrected chi connectivity index (χ2v) is 4.50. The van der Waals surface area contributed by atoms with Crippen LogP contribution < -0.4 is 5.73 Å². The Morgan fingerprint density at radius 3 is 2.95 bits per heavy atom. The molecular weight excluding hydrogens is 271 g/mol. The second-order valence-electron chi connectivity index (χ2n) is 4.50. The molecule has 21 heavy (non-hydrogen) atoms. The first-order chi connectivity index (χ1) is 10.1. The van der Waals surface area contributed by atoms with E-state index in [0.29, 0.717) is 12.0 Å². The first-order valence-corrected chi connectivity index (χ1v) is 6.27. The Kier molecular flexibility index (Phi) is 4.14. The fourth-order valence-electron chi connectivity index (χ4n) is 2.09. The number of nitrogens with two attached hydrogens (primary N) is 1. The Balaban J connectivity index is 2.43. The maximum Gasteiger partial charge on any atom is 0.194 e. The number of aromatic amines is 1. The Labute approximate surface area is 120 Å². The SMILES string of the molecule is N#C/C(C=N)=C/c1c[nH]cc1C(=O)C1=C(F)C(N)=CCC1. The molecule has 0 aromatic carbocycles. The number of aromatic nitrogens is 1. The van der Waals surface area contributed by atoms with E-state index in [1.165, 1.54) is 18.5 Å². The van der Waals surface area contributed by atoms with Crippen molar-refractivity contribution in [2.45, 2.75) is 12.8 Å². The van der Waals surface area contributed by atoms with Gasteiger partial charge in [0, 0.05) is 35.3 Å². The van der Waals surface area contributed by atoms with Crippen molar-refractivity contribution in [3.05, 3.63) is 52.3 Å². The molecule has 1 aromatic heterocycles. The van der Waals surface area contributed by atoms with Crippen molar-refractivity contribution in [2.75, 3.05) is 0 Å². The van der Waals surface area contributed by atoms with Crippen LogP contribution in [-0.4, -0.2) is 17.0 Å². The summed E-state index contributed by atoms with van der Waals surface area (Å²) in [7, 11) is 0. The van der Waals surface area contributed by atoms with Crippen LogP contribution in [0.4, 0.5) is 4.39 Å². The van der Waals surface area contributed by atoms with Crippen LogP contribution in [0.2, 0.25) is 0 Å². The average molecular weight is 284 g/mol. The second kappa shape index (κ2) is 6.01. The third-order valence-corrected chi connectivity index (χ3v) is 3.17. The number of nitrogens with one attached hydrogen (secondary N) is 2. The van der Waals surface area contributed by atoms with Crippen molar-refractivity contribution in [2.24, 2.45) is 5.73 Å². The zero-order valence-corrected chi connectivity index (χ0v) is 11.1. The van der Waals surface area contributed by atoms with E-state index in [0.717, 1.165) is 6.21 Å². The molecule has 1 aromatic rings. The summed E-state index contributed by atoms with van der Waals surface area (Å²) in [5.74, 6) is -1.15. The molecule has 4 N–H and O–H groups in total. The molecule has 0 saturated heterocycles. The van der Waals surface area contributed by atoms with Crippen molar-refractivity contribution in [1.29, 1.82) is 10.7 Å². The summed E-state index contributed by atoms with van der Waals surface area (Å²) in [5, 5.41) is 15.9. The summed E-state index contributed by atoms with van der Waals surface area (Å²) in [6.45, 7) is 0. The molecule has 0 aliphatic heterocycles. The zero-order chi connectivity index (χ0) is 15.4. The zero-order valence-electron chi connectivity index (χ0n) is 11.1. The lowest BCUT2D eigenvalue weighted by molar-refractivity contribution is 0.102. The number of halogens is 1. The van der Waals surface area contributed by atoms with Gasteiger partial charge >= 0.3 is 0 Å². The Morgan fingerprint density at radius 2 is 2.29 bits per heavy atom. The van der Waals surface area contributed by atoms with Gasteiger partial charge in [-0.1, -0.05) is 6.08 Å². The summed E-state index contributed by atoms with van der Waals surface area (Å²) < 4.78 is 14.0. The van der Waals surface area contributed by atoms with Gasteiger partial charge in [-0.3, -0.25) is 4.79 Å². The topological polar surface area (TPSA) is 107 Å². The molecule has 1 aliphatic rings. The van der Waals surface area contributed by atoms with Crippen LogP contribution >= 0.6 is 0 Å². The van der Waals surface area contributed by atoms with Crippen LogP contribution in [0.5, 0.6) is 0 Å². The molecule has 0 spiro atoms. The molecule has 2 rings (SSSR count). The summed E-state index contributed by atoms with van der Waals surface area (Å²) in [6, 6.07) is 1.83. The average Bonchev–Trinajstić information content (AvgIpc) is 2.95. The van der Waals surface area contributed by atoms with E-state index in [2.05, 4.69) is 4.98 Å². The number of nitriles is 1. The Morgan fingerprint density at radius 1 is 1.52 bits per heavy atom. The van der Waals surface area contributed by atoms with Gasteiger partial charge in [0.2, 0.25) is 0 Å². The van der Waals surface area contributed by atoms with Gasteiger partial charge < -0.3 is 16.1 Å². The maximum atomic E-state index is 14.0. The van der Waals surface area contributed by atoms with Gasteiger partial charge in [-0.2, -0.15) is 5.26 Å². The number of Topliss-reactive ketones (excluding diaryl/α,β-unsaturated/α-hetero) is 1. The number of H-pyrrole nitrogens is 1. The number of allylic oxidation sites excluding steroid dienone is 4. The quantitative estimate of drug-likeness (QED) is 0.449. The van der Waals surface area contributed by atoms with Gasteiger partial charge in [-0.25, -0.2) is 4.39 Å². The highest BCUT2D eigenvalue weighted by atomic mass is 19.1. The Hall–Kier alpha value is -2.94. The van der Waals surface area contributed by atoms with E-state index in [1.54, 1.807) is 6.08 Å². The number of rotatable bonds is 4. The van der Waals surface area contributed by atoms with E-state index in [9.17, 15) is 9.18 Å². The third kappa shape index (κ3) is 2.82.